The smallest absolute Gasteiger partial charge is 0.416 e. The molecule has 0 aliphatic heterocycles. The fourth-order valence-electron chi connectivity index (χ4n) is 1.72. The van der Waals surface area contributed by atoms with Crippen LogP contribution in [0.1, 0.15) is 37.8 Å². The molecule has 0 unspecified atom stereocenters. The molecule has 0 bridgehead atoms. The third kappa shape index (κ3) is 4.75. The Morgan fingerprint density at radius 2 is 2.00 bits per heavy atom. The summed E-state index contributed by atoms with van der Waals surface area (Å²) in [6.07, 6.45) is -2.69. The summed E-state index contributed by atoms with van der Waals surface area (Å²) in [7, 11) is 0. The lowest BCUT2D eigenvalue weighted by Crippen LogP contribution is -2.16. The topological polar surface area (TPSA) is 59.1 Å². The molecule has 0 aliphatic carbocycles. The fraction of sp³-hybridized carbons (Fsp3) is 0.500. The molecule has 0 amide bonds. The SMILES string of the molecule is CC(C)CCCOc1ccc(C(F)(F)F)cc1C(=N)N. The standard InChI is InChI=1S/C14H19F3N2O/c1-9(2)4-3-7-20-12-6-5-10(14(15,16)17)8-11(12)13(18)19/h5-6,8-9H,3-4,7H2,1-2H3,(H3,18,19). The third-order valence-electron chi connectivity index (χ3n) is 2.78. The molecule has 3 nitrogen and oxygen atoms in total. The van der Waals surface area contributed by atoms with Crippen LogP contribution < -0.4 is 10.5 Å². The second kappa shape index (κ2) is 6.63. The van der Waals surface area contributed by atoms with Crippen LogP contribution in [0.5, 0.6) is 5.75 Å². The minimum absolute atomic E-state index is 0.0237. The number of amidine groups is 1. The van der Waals surface area contributed by atoms with Gasteiger partial charge in [0.15, 0.2) is 0 Å². The highest BCUT2D eigenvalue weighted by molar-refractivity contribution is 5.97. The summed E-state index contributed by atoms with van der Waals surface area (Å²) >= 11 is 0. The Bertz CT molecular complexity index is 470. The van der Waals surface area contributed by atoms with E-state index in [2.05, 4.69) is 13.8 Å². The number of nitrogens with two attached hydrogens (primary N) is 1. The van der Waals surface area contributed by atoms with E-state index in [9.17, 15) is 13.2 Å². The first-order chi connectivity index (χ1) is 9.21. The Labute approximate surface area is 116 Å². The minimum Gasteiger partial charge on any atom is -0.493 e. The van der Waals surface area contributed by atoms with E-state index in [4.69, 9.17) is 15.9 Å². The molecule has 1 aromatic carbocycles. The molecule has 0 fully saturated rings. The number of halogens is 3. The molecule has 0 heterocycles. The van der Waals surface area contributed by atoms with E-state index in [0.29, 0.717) is 12.5 Å². The largest absolute Gasteiger partial charge is 0.493 e. The van der Waals surface area contributed by atoms with Crippen molar-refractivity contribution >= 4 is 5.84 Å². The molecule has 1 aromatic rings. The average Bonchev–Trinajstić information content (AvgIpc) is 2.33. The Hall–Kier alpha value is -1.72. The second-order valence-electron chi connectivity index (χ2n) is 5.01. The number of nitrogens with one attached hydrogen (secondary N) is 1. The number of alkyl halides is 3. The first-order valence-corrected chi connectivity index (χ1v) is 6.40. The van der Waals surface area contributed by atoms with E-state index >= 15 is 0 Å². The van der Waals surface area contributed by atoms with Crippen molar-refractivity contribution in [1.29, 1.82) is 5.41 Å². The molecule has 3 N–H and O–H groups in total. The molecule has 1 rings (SSSR count). The lowest BCUT2D eigenvalue weighted by atomic mass is 10.1. The zero-order valence-corrected chi connectivity index (χ0v) is 11.6. The van der Waals surface area contributed by atoms with E-state index in [1.165, 1.54) is 6.07 Å². The van der Waals surface area contributed by atoms with Crippen molar-refractivity contribution < 1.29 is 17.9 Å². The normalized spacial score (nSPS) is 11.7. The van der Waals surface area contributed by atoms with Gasteiger partial charge in [0.2, 0.25) is 0 Å². The van der Waals surface area contributed by atoms with Crippen LogP contribution in [0, 0.1) is 11.3 Å². The zero-order chi connectivity index (χ0) is 15.3. The molecule has 0 aliphatic rings. The van der Waals surface area contributed by atoms with Crippen molar-refractivity contribution in [2.75, 3.05) is 6.61 Å². The third-order valence-corrected chi connectivity index (χ3v) is 2.78. The molecule has 0 saturated heterocycles. The number of hydrogen-bond acceptors (Lipinski definition) is 2. The molecule has 0 aromatic heterocycles. The first kappa shape index (κ1) is 16.3. The molecule has 0 spiro atoms. The molecule has 112 valence electrons. The number of ether oxygens (including phenoxy) is 1. The van der Waals surface area contributed by atoms with Gasteiger partial charge in [-0.2, -0.15) is 13.2 Å². The van der Waals surface area contributed by atoms with Crippen molar-refractivity contribution in [3.05, 3.63) is 29.3 Å². The second-order valence-corrected chi connectivity index (χ2v) is 5.01. The highest BCUT2D eigenvalue weighted by Crippen LogP contribution is 2.32. The zero-order valence-electron chi connectivity index (χ0n) is 11.6. The lowest BCUT2D eigenvalue weighted by molar-refractivity contribution is -0.137. The monoisotopic (exact) mass is 288 g/mol. The summed E-state index contributed by atoms with van der Waals surface area (Å²) in [4.78, 5) is 0. The van der Waals surface area contributed by atoms with Crippen LogP contribution >= 0.6 is 0 Å². The van der Waals surface area contributed by atoms with Crippen molar-refractivity contribution in [3.63, 3.8) is 0 Å². The number of rotatable bonds is 6. The van der Waals surface area contributed by atoms with Crippen molar-refractivity contribution in [1.82, 2.24) is 0 Å². The van der Waals surface area contributed by atoms with E-state index < -0.39 is 17.6 Å². The fourth-order valence-corrected chi connectivity index (χ4v) is 1.72. The van der Waals surface area contributed by atoms with Gasteiger partial charge in [-0.3, -0.25) is 5.41 Å². The Morgan fingerprint density at radius 3 is 2.50 bits per heavy atom. The summed E-state index contributed by atoms with van der Waals surface area (Å²) in [5.41, 5.74) is 4.46. The van der Waals surface area contributed by atoms with Crippen LogP contribution in [-0.2, 0) is 6.18 Å². The van der Waals surface area contributed by atoms with Gasteiger partial charge < -0.3 is 10.5 Å². The molecule has 0 saturated carbocycles. The summed E-state index contributed by atoms with van der Waals surface area (Å²) in [5, 5.41) is 7.36. The van der Waals surface area contributed by atoms with Gasteiger partial charge in [0, 0.05) is 0 Å². The predicted octanol–water partition coefficient (Wildman–Crippen LogP) is 3.80. The Balaban J connectivity index is 2.83. The van der Waals surface area contributed by atoms with Crippen molar-refractivity contribution in [3.8, 4) is 5.75 Å². The van der Waals surface area contributed by atoms with Crippen LogP contribution in [0.3, 0.4) is 0 Å². The summed E-state index contributed by atoms with van der Waals surface area (Å²) in [5.74, 6) is 0.322. The van der Waals surface area contributed by atoms with Crippen LogP contribution in [0.4, 0.5) is 13.2 Å². The summed E-state index contributed by atoms with van der Waals surface area (Å²) < 4.78 is 43.2. The van der Waals surface area contributed by atoms with Gasteiger partial charge in [0.05, 0.1) is 17.7 Å². The van der Waals surface area contributed by atoms with Gasteiger partial charge in [-0.15, -0.1) is 0 Å². The van der Waals surface area contributed by atoms with Gasteiger partial charge in [-0.1, -0.05) is 13.8 Å². The summed E-state index contributed by atoms with van der Waals surface area (Å²) in [6.45, 7) is 4.56. The Morgan fingerprint density at radius 1 is 1.35 bits per heavy atom. The molecule has 20 heavy (non-hydrogen) atoms. The molecule has 0 atom stereocenters. The van der Waals surface area contributed by atoms with Gasteiger partial charge in [0.25, 0.3) is 0 Å². The number of hydrogen-bond donors (Lipinski definition) is 2. The molecular formula is C14H19F3N2O. The van der Waals surface area contributed by atoms with Crippen LogP contribution in [0.25, 0.3) is 0 Å². The quantitative estimate of drug-likeness (QED) is 0.475. The summed E-state index contributed by atoms with van der Waals surface area (Å²) in [6, 6.07) is 3.00. The van der Waals surface area contributed by atoms with E-state index in [0.717, 1.165) is 25.0 Å². The minimum atomic E-state index is -4.46. The van der Waals surface area contributed by atoms with Crippen molar-refractivity contribution in [2.45, 2.75) is 32.9 Å². The average molecular weight is 288 g/mol. The lowest BCUT2D eigenvalue weighted by Gasteiger charge is -2.14. The van der Waals surface area contributed by atoms with E-state index in [1.54, 1.807) is 0 Å². The van der Waals surface area contributed by atoms with E-state index in [1.807, 2.05) is 0 Å². The van der Waals surface area contributed by atoms with Gasteiger partial charge in [-0.25, -0.2) is 0 Å². The van der Waals surface area contributed by atoms with Crippen LogP contribution in [0.2, 0.25) is 0 Å². The number of nitrogen functional groups attached to an aromatic ring is 1. The van der Waals surface area contributed by atoms with Crippen LogP contribution in [0.15, 0.2) is 18.2 Å². The maximum Gasteiger partial charge on any atom is 0.416 e. The highest BCUT2D eigenvalue weighted by atomic mass is 19.4. The van der Waals surface area contributed by atoms with Crippen LogP contribution in [-0.4, -0.2) is 12.4 Å². The Kier molecular flexibility index (Phi) is 5.42. The molecule has 6 heteroatoms. The highest BCUT2D eigenvalue weighted by Gasteiger charge is 2.31. The maximum absolute atomic E-state index is 12.6. The van der Waals surface area contributed by atoms with Crippen molar-refractivity contribution in [2.24, 2.45) is 11.7 Å². The maximum atomic E-state index is 12.6. The van der Waals surface area contributed by atoms with E-state index in [-0.39, 0.29) is 11.3 Å². The number of benzene rings is 1. The van der Waals surface area contributed by atoms with Gasteiger partial charge >= 0.3 is 6.18 Å². The first-order valence-electron chi connectivity index (χ1n) is 6.40. The van der Waals surface area contributed by atoms with Gasteiger partial charge in [0.1, 0.15) is 11.6 Å². The molecular weight excluding hydrogens is 269 g/mol. The molecule has 0 radical (unpaired) electrons. The van der Waals surface area contributed by atoms with Gasteiger partial charge in [-0.05, 0) is 37.0 Å². The predicted molar refractivity (Wildman–Crippen MR) is 72.0 cm³/mol.